The van der Waals surface area contributed by atoms with E-state index in [-0.39, 0.29) is 16.9 Å². The van der Waals surface area contributed by atoms with Crippen molar-refractivity contribution in [2.75, 3.05) is 0 Å². The molecule has 0 saturated carbocycles. The fraction of sp³-hybridized carbons (Fsp3) is 0.333. The average molecular weight is 224 g/mol. The van der Waals surface area contributed by atoms with E-state index < -0.39 is 16.8 Å². The lowest BCUT2D eigenvalue weighted by Gasteiger charge is -2.11. The number of nitrogens with zero attached hydrogens (tertiary/aromatic N) is 2. The van der Waals surface area contributed by atoms with E-state index in [1.165, 1.54) is 13.8 Å². The topological polar surface area (TPSA) is 91.5 Å². The van der Waals surface area contributed by atoms with Crippen LogP contribution < -0.4 is 11.1 Å². The molecule has 0 aromatic carbocycles. The molecule has 6 nitrogen and oxygen atoms in total. The zero-order valence-corrected chi connectivity index (χ0v) is 8.67. The third kappa shape index (κ3) is 1.60. The Kier molecular flexibility index (Phi) is 2.11. The third-order valence-electron chi connectivity index (χ3n) is 2.06. The molecule has 0 atom stereocenters. The molecule has 0 radical (unpaired) electrons. The second-order valence-electron chi connectivity index (χ2n) is 3.82. The molecule has 0 amide bonds. The Balaban J connectivity index is 2.91. The average Bonchev–Trinajstić information content (AvgIpc) is 2.15. The Morgan fingerprint density at radius 3 is 2.62 bits per heavy atom. The molecule has 0 spiro atoms. The van der Waals surface area contributed by atoms with Crippen LogP contribution in [0.25, 0.3) is 11.2 Å². The van der Waals surface area contributed by atoms with Gasteiger partial charge in [-0.15, -0.1) is 0 Å². The number of rotatable bonds is 1. The van der Waals surface area contributed by atoms with Crippen LogP contribution in [0.15, 0.2) is 15.9 Å². The number of aromatic nitrogens is 4. The van der Waals surface area contributed by atoms with Gasteiger partial charge in [-0.3, -0.25) is 9.59 Å². The Hall–Kier alpha value is -2.05. The number of nitrogens with one attached hydrogen (secondary N) is 2. The monoisotopic (exact) mass is 224 g/mol. The molecular formula is C9H9FN4O2. The molecule has 0 aliphatic rings. The van der Waals surface area contributed by atoms with Gasteiger partial charge in [-0.2, -0.15) is 0 Å². The first-order chi connectivity index (χ1) is 7.39. The van der Waals surface area contributed by atoms with Crippen molar-refractivity contribution >= 4 is 11.2 Å². The predicted molar refractivity (Wildman–Crippen MR) is 54.9 cm³/mol. The SMILES string of the molecule is CC(C)(F)c1nc2c(=O)[nH]cnc2[nH]c1=O. The summed E-state index contributed by atoms with van der Waals surface area (Å²) in [6.45, 7) is 2.39. The maximum absolute atomic E-state index is 13.6. The van der Waals surface area contributed by atoms with E-state index in [1.54, 1.807) is 0 Å². The van der Waals surface area contributed by atoms with Crippen LogP contribution in [-0.4, -0.2) is 19.9 Å². The zero-order chi connectivity index (χ0) is 11.9. The van der Waals surface area contributed by atoms with Crippen molar-refractivity contribution in [1.29, 1.82) is 0 Å². The lowest BCUT2D eigenvalue weighted by molar-refractivity contribution is 0.212. The van der Waals surface area contributed by atoms with Crippen LogP contribution in [0.4, 0.5) is 4.39 Å². The number of aromatic amines is 2. The van der Waals surface area contributed by atoms with Gasteiger partial charge in [0.1, 0.15) is 5.69 Å². The Labute approximate surface area is 88.6 Å². The van der Waals surface area contributed by atoms with Gasteiger partial charge in [0.15, 0.2) is 16.8 Å². The molecule has 0 saturated heterocycles. The highest BCUT2D eigenvalue weighted by atomic mass is 19.1. The summed E-state index contributed by atoms with van der Waals surface area (Å²) in [5, 5.41) is 0. The van der Waals surface area contributed by atoms with Crippen LogP contribution in [0.2, 0.25) is 0 Å². The Bertz CT molecular complexity index is 653. The Morgan fingerprint density at radius 1 is 1.31 bits per heavy atom. The van der Waals surface area contributed by atoms with E-state index in [9.17, 15) is 14.0 Å². The molecular weight excluding hydrogens is 215 g/mol. The highest BCUT2D eigenvalue weighted by Gasteiger charge is 2.25. The van der Waals surface area contributed by atoms with Gasteiger partial charge in [-0.25, -0.2) is 14.4 Å². The largest absolute Gasteiger partial charge is 0.311 e. The smallest absolute Gasteiger partial charge is 0.278 e. The molecule has 0 fully saturated rings. The third-order valence-corrected chi connectivity index (χ3v) is 2.06. The maximum Gasteiger partial charge on any atom is 0.278 e. The fourth-order valence-corrected chi connectivity index (χ4v) is 1.32. The summed E-state index contributed by atoms with van der Waals surface area (Å²) in [5.74, 6) is 0. The molecule has 0 unspecified atom stereocenters. The normalized spacial score (nSPS) is 11.9. The molecule has 16 heavy (non-hydrogen) atoms. The van der Waals surface area contributed by atoms with Crippen molar-refractivity contribution in [3.63, 3.8) is 0 Å². The first-order valence-corrected chi connectivity index (χ1v) is 4.56. The van der Waals surface area contributed by atoms with E-state index in [1.807, 2.05) is 0 Å². The molecule has 0 aliphatic carbocycles. The van der Waals surface area contributed by atoms with Gasteiger partial charge in [0.25, 0.3) is 11.1 Å². The van der Waals surface area contributed by atoms with Crippen LogP contribution in [0, 0.1) is 0 Å². The number of hydrogen-bond donors (Lipinski definition) is 2. The number of alkyl halides is 1. The van der Waals surface area contributed by atoms with Crippen LogP contribution in [0.3, 0.4) is 0 Å². The number of hydrogen-bond acceptors (Lipinski definition) is 4. The minimum atomic E-state index is -1.91. The van der Waals surface area contributed by atoms with E-state index in [0.29, 0.717) is 0 Å². The second-order valence-corrected chi connectivity index (χ2v) is 3.82. The van der Waals surface area contributed by atoms with Crippen molar-refractivity contribution in [3.05, 3.63) is 32.7 Å². The van der Waals surface area contributed by atoms with Crippen molar-refractivity contribution in [2.24, 2.45) is 0 Å². The van der Waals surface area contributed by atoms with Crippen LogP contribution >= 0.6 is 0 Å². The molecule has 7 heteroatoms. The number of fused-ring (bicyclic) bond motifs is 1. The molecule has 2 rings (SSSR count). The van der Waals surface area contributed by atoms with Crippen molar-refractivity contribution in [3.8, 4) is 0 Å². The summed E-state index contributed by atoms with van der Waals surface area (Å²) in [6, 6.07) is 0. The highest BCUT2D eigenvalue weighted by Crippen LogP contribution is 2.19. The van der Waals surface area contributed by atoms with Gasteiger partial charge < -0.3 is 9.97 Å². The van der Waals surface area contributed by atoms with Gasteiger partial charge >= 0.3 is 0 Å². The minimum Gasteiger partial charge on any atom is -0.311 e. The lowest BCUT2D eigenvalue weighted by Crippen LogP contribution is -2.27. The van der Waals surface area contributed by atoms with Crippen LogP contribution in [-0.2, 0) is 5.67 Å². The van der Waals surface area contributed by atoms with Crippen molar-refractivity contribution in [1.82, 2.24) is 19.9 Å². The van der Waals surface area contributed by atoms with Gasteiger partial charge in [-0.05, 0) is 13.8 Å². The van der Waals surface area contributed by atoms with E-state index in [2.05, 4.69) is 19.9 Å². The first kappa shape index (κ1) is 10.5. The molecule has 0 aliphatic heterocycles. The number of halogens is 1. The summed E-state index contributed by atoms with van der Waals surface area (Å²) in [6.07, 6.45) is 1.14. The fourth-order valence-electron chi connectivity index (χ4n) is 1.32. The molecule has 84 valence electrons. The van der Waals surface area contributed by atoms with Crippen molar-refractivity contribution < 1.29 is 4.39 Å². The van der Waals surface area contributed by atoms with Gasteiger partial charge in [0.2, 0.25) is 0 Å². The van der Waals surface area contributed by atoms with Crippen molar-refractivity contribution in [2.45, 2.75) is 19.5 Å². The summed E-state index contributed by atoms with van der Waals surface area (Å²) in [7, 11) is 0. The minimum absolute atomic E-state index is 0.0433. The van der Waals surface area contributed by atoms with E-state index >= 15 is 0 Å². The highest BCUT2D eigenvalue weighted by molar-refractivity contribution is 5.67. The molecule has 0 bridgehead atoms. The molecule has 2 N–H and O–H groups in total. The van der Waals surface area contributed by atoms with Gasteiger partial charge in [-0.1, -0.05) is 0 Å². The predicted octanol–water partition coefficient (Wildman–Crippen LogP) is 0.211. The first-order valence-electron chi connectivity index (χ1n) is 4.56. The molecule has 2 aromatic heterocycles. The summed E-state index contributed by atoms with van der Waals surface area (Å²) in [5.41, 5.74) is -3.49. The van der Waals surface area contributed by atoms with Crippen LogP contribution in [0.1, 0.15) is 19.5 Å². The lowest BCUT2D eigenvalue weighted by atomic mass is 10.1. The Morgan fingerprint density at radius 2 is 2.00 bits per heavy atom. The summed E-state index contributed by atoms with van der Waals surface area (Å²) >= 11 is 0. The number of H-pyrrole nitrogens is 2. The summed E-state index contributed by atoms with van der Waals surface area (Å²) in [4.78, 5) is 34.9. The van der Waals surface area contributed by atoms with E-state index in [0.717, 1.165) is 6.33 Å². The van der Waals surface area contributed by atoms with E-state index in [4.69, 9.17) is 0 Å². The summed E-state index contributed by atoms with van der Waals surface area (Å²) < 4.78 is 13.6. The zero-order valence-electron chi connectivity index (χ0n) is 8.67. The maximum atomic E-state index is 13.6. The standard InChI is InChI=1S/C9H9FN4O2/c1-9(2,10)5-8(16)14-6-4(13-5)7(15)12-3-11-6/h3H,1-2H3,(H2,11,12,14,15,16). The second kappa shape index (κ2) is 3.22. The van der Waals surface area contributed by atoms with Crippen LogP contribution in [0.5, 0.6) is 0 Å². The van der Waals surface area contributed by atoms with Gasteiger partial charge in [0.05, 0.1) is 6.33 Å². The van der Waals surface area contributed by atoms with Gasteiger partial charge in [0, 0.05) is 0 Å². The molecule has 2 heterocycles. The quantitative estimate of drug-likeness (QED) is 0.724. The molecule has 2 aromatic rings.